The Kier molecular flexibility index (Phi) is 8.00. The Morgan fingerprint density at radius 3 is 2.19 bits per heavy atom. The summed E-state index contributed by atoms with van der Waals surface area (Å²) in [5, 5.41) is 2.69. The van der Waals surface area contributed by atoms with Crippen LogP contribution in [0, 0.1) is 19.3 Å². The molecule has 1 aliphatic carbocycles. The molecule has 0 bridgehead atoms. The molecule has 1 unspecified atom stereocenters. The molecule has 5 aromatic carbocycles. The monoisotopic (exact) mass is 554 g/mol. The highest BCUT2D eigenvalue weighted by atomic mass is 14.3. The van der Waals surface area contributed by atoms with Gasteiger partial charge in [-0.3, -0.25) is 0 Å². The second-order valence-corrected chi connectivity index (χ2v) is 11.5. The van der Waals surface area contributed by atoms with Crippen LogP contribution in [0.2, 0.25) is 0 Å². The molecule has 6 rings (SSSR count). The van der Waals surface area contributed by atoms with E-state index in [1.165, 1.54) is 66.4 Å². The van der Waals surface area contributed by atoms with E-state index in [9.17, 15) is 0 Å². The summed E-state index contributed by atoms with van der Waals surface area (Å²) in [6.45, 7) is 8.57. The number of hydrogen-bond acceptors (Lipinski definition) is 0. The molecule has 0 aliphatic heterocycles. The van der Waals surface area contributed by atoms with Gasteiger partial charge in [0.15, 0.2) is 0 Å². The molecule has 0 spiro atoms. The van der Waals surface area contributed by atoms with Gasteiger partial charge >= 0.3 is 0 Å². The summed E-state index contributed by atoms with van der Waals surface area (Å²) < 4.78 is 0. The second kappa shape index (κ2) is 12.2. The molecule has 210 valence electrons. The number of terminal acetylenes is 1. The van der Waals surface area contributed by atoms with E-state index in [4.69, 9.17) is 6.42 Å². The SMILES string of the molecule is C#C/C(C)=C(\C=C/C/C=C\C)c1ccc(C(CC)c2cccc(-c3ccc4c5c(cccc35)-c3ccccc3-4)c2)cc1C. The fraction of sp³-hybridized carbons (Fsp3) is 0.163. The molecule has 43 heavy (non-hydrogen) atoms. The largest absolute Gasteiger partial charge is 0.115 e. The summed E-state index contributed by atoms with van der Waals surface area (Å²) in [6, 6.07) is 36.2. The minimum absolute atomic E-state index is 0.306. The van der Waals surface area contributed by atoms with Crippen LogP contribution in [-0.2, 0) is 0 Å². The molecule has 0 heteroatoms. The fourth-order valence-corrected chi connectivity index (χ4v) is 6.75. The highest BCUT2D eigenvalue weighted by Gasteiger charge is 2.22. The molecule has 0 amide bonds. The molecule has 0 radical (unpaired) electrons. The van der Waals surface area contributed by atoms with E-state index in [-0.39, 0.29) is 0 Å². The number of fused-ring (bicyclic) bond motifs is 3. The lowest BCUT2D eigenvalue weighted by Crippen LogP contribution is -2.02. The summed E-state index contributed by atoms with van der Waals surface area (Å²) in [5.74, 6) is 3.17. The van der Waals surface area contributed by atoms with Gasteiger partial charge in [0.05, 0.1) is 0 Å². The highest BCUT2D eigenvalue weighted by Crippen LogP contribution is 2.49. The normalized spacial score (nSPS) is 13.4. The maximum atomic E-state index is 5.85. The third kappa shape index (κ3) is 5.17. The third-order valence-electron chi connectivity index (χ3n) is 8.91. The Balaban J connectivity index is 1.37. The zero-order chi connectivity index (χ0) is 29.9. The zero-order valence-corrected chi connectivity index (χ0v) is 25.6. The number of hydrogen-bond donors (Lipinski definition) is 0. The van der Waals surface area contributed by atoms with Gasteiger partial charge in [-0.2, -0.15) is 0 Å². The first-order valence-corrected chi connectivity index (χ1v) is 15.4. The van der Waals surface area contributed by atoms with Crippen molar-refractivity contribution in [2.45, 2.75) is 46.5 Å². The molecule has 1 atom stereocenters. The Bertz CT molecular complexity index is 1940. The molecular weight excluding hydrogens is 516 g/mol. The Morgan fingerprint density at radius 2 is 1.47 bits per heavy atom. The van der Waals surface area contributed by atoms with Gasteiger partial charge in [0.25, 0.3) is 0 Å². The lowest BCUT2D eigenvalue weighted by Gasteiger charge is -2.20. The van der Waals surface area contributed by atoms with E-state index < -0.39 is 0 Å². The van der Waals surface area contributed by atoms with E-state index in [0.29, 0.717) is 5.92 Å². The average molecular weight is 555 g/mol. The summed E-state index contributed by atoms with van der Waals surface area (Å²) in [4.78, 5) is 0. The van der Waals surface area contributed by atoms with Gasteiger partial charge in [0, 0.05) is 11.5 Å². The van der Waals surface area contributed by atoms with Gasteiger partial charge in [-0.1, -0.05) is 134 Å². The maximum absolute atomic E-state index is 5.85. The Hall–Kier alpha value is -4.86. The number of allylic oxidation sites excluding steroid dienone is 6. The Labute approximate surface area is 257 Å². The molecule has 0 nitrogen and oxygen atoms in total. The lowest BCUT2D eigenvalue weighted by molar-refractivity contribution is 0.776. The van der Waals surface area contributed by atoms with E-state index in [0.717, 1.165) is 24.0 Å². The molecule has 0 heterocycles. The van der Waals surface area contributed by atoms with Crippen molar-refractivity contribution in [1.29, 1.82) is 0 Å². The van der Waals surface area contributed by atoms with E-state index >= 15 is 0 Å². The van der Waals surface area contributed by atoms with Crippen molar-refractivity contribution in [3.63, 3.8) is 0 Å². The predicted molar refractivity (Wildman–Crippen MR) is 187 cm³/mol. The topological polar surface area (TPSA) is 0 Å². The van der Waals surface area contributed by atoms with Crippen LogP contribution < -0.4 is 0 Å². The molecular formula is C43H38. The summed E-state index contributed by atoms with van der Waals surface area (Å²) >= 11 is 0. The average Bonchev–Trinajstić information content (AvgIpc) is 3.37. The Morgan fingerprint density at radius 1 is 0.767 bits per heavy atom. The number of benzene rings is 5. The van der Waals surface area contributed by atoms with Crippen LogP contribution in [0.1, 0.15) is 61.8 Å². The second-order valence-electron chi connectivity index (χ2n) is 11.5. The zero-order valence-electron chi connectivity index (χ0n) is 25.6. The molecule has 0 aromatic heterocycles. The van der Waals surface area contributed by atoms with E-state index in [1.54, 1.807) is 0 Å². The molecule has 0 N–H and O–H groups in total. The van der Waals surface area contributed by atoms with Crippen molar-refractivity contribution in [2.75, 3.05) is 0 Å². The van der Waals surface area contributed by atoms with Crippen LogP contribution in [0.25, 0.3) is 49.7 Å². The molecule has 1 aliphatic rings. The van der Waals surface area contributed by atoms with Gasteiger partial charge in [-0.25, -0.2) is 0 Å². The van der Waals surface area contributed by atoms with Crippen molar-refractivity contribution in [2.24, 2.45) is 0 Å². The van der Waals surface area contributed by atoms with Gasteiger partial charge in [0.1, 0.15) is 0 Å². The first-order chi connectivity index (χ1) is 21.0. The summed E-state index contributed by atoms with van der Waals surface area (Å²) in [5.41, 5.74) is 15.1. The van der Waals surface area contributed by atoms with Gasteiger partial charge in [-0.05, 0) is 106 Å². The van der Waals surface area contributed by atoms with Crippen LogP contribution >= 0.6 is 0 Å². The lowest BCUT2D eigenvalue weighted by atomic mass is 9.84. The quantitative estimate of drug-likeness (QED) is 0.0997. The summed E-state index contributed by atoms with van der Waals surface area (Å²) in [6.07, 6.45) is 16.4. The third-order valence-corrected chi connectivity index (χ3v) is 8.91. The number of aryl methyl sites for hydroxylation is 1. The van der Waals surface area contributed by atoms with Gasteiger partial charge < -0.3 is 0 Å². The van der Waals surface area contributed by atoms with Crippen LogP contribution in [0.3, 0.4) is 0 Å². The van der Waals surface area contributed by atoms with Gasteiger partial charge in [-0.15, -0.1) is 6.42 Å². The maximum Gasteiger partial charge on any atom is 0.00870 e. The van der Waals surface area contributed by atoms with Crippen molar-refractivity contribution in [1.82, 2.24) is 0 Å². The minimum atomic E-state index is 0.306. The first kappa shape index (κ1) is 28.3. The van der Waals surface area contributed by atoms with Crippen LogP contribution in [0.15, 0.2) is 127 Å². The predicted octanol–water partition coefficient (Wildman–Crippen LogP) is 11.9. The van der Waals surface area contributed by atoms with Crippen LogP contribution in [0.5, 0.6) is 0 Å². The van der Waals surface area contributed by atoms with Crippen LogP contribution in [0.4, 0.5) is 0 Å². The first-order valence-electron chi connectivity index (χ1n) is 15.4. The standard InChI is InChI=1S/C43H38/c1-6-9-10-11-18-35(29(4)7-2)36-24-23-33(27-30(36)5)34(8-3)31-16-14-17-32(28-31)37-25-26-42-39-20-13-12-19-38(39)41-22-15-21-40(37)43(41)42/h2,6,9,11-28,34H,8,10H2,1,3-5H3/b9-6-,18-11-,35-29+. The smallest absolute Gasteiger partial charge is 0.00870 e. The minimum Gasteiger partial charge on any atom is -0.115 e. The van der Waals surface area contributed by atoms with Crippen molar-refractivity contribution >= 4 is 16.3 Å². The van der Waals surface area contributed by atoms with Crippen LogP contribution in [-0.4, -0.2) is 0 Å². The van der Waals surface area contributed by atoms with Gasteiger partial charge in [0.2, 0.25) is 0 Å². The van der Waals surface area contributed by atoms with Crippen molar-refractivity contribution in [3.05, 3.63) is 149 Å². The highest BCUT2D eigenvalue weighted by molar-refractivity contribution is 6.18. The van der Waals surface area contributed by atoms with Crippen molar-refractivity contribution < 1.29 is 0 Å². The van der Waals surface area contributed by atoms with Crippen molar-refractivity contribution in [3.8, 4) is 45.7 Å². The molecule has 0 fully saturated rings. The summed E-state index contributed by atoms with van der Waals surface area (Å²) in [7, 11) is 0. The molecule has 0 saturated carbocycles. The fourth-order valence-electron chi connectivity index (χ4n) is 6.75. The van der Waals surface area contributed by atoms with E-state index in [2.05, 4.69) is 141 Å². The molecule has 5 aromatic rings. The number of rotatable bonds is 8. The van der Waals surface area contributed by atoms with E-state index in [1.807, 2.05) is 13.8 Å². The molecule has 0 saturated heterocycles.